The Morgan fingerprint density at radius 2 is 1.40 bits per heavy atom. The van der Waals surface area contributed by atoms with Crippen LogP contribution in [0.3, 0.4) is 0 Å². The number of benzene rings is 2. The van der Waals surface area contributed by atoms with E-state index in [0.29, 0.717) is 128 Å². The molecule has 4 aliphatic heterocycles. The summed E-state index contributed by atoms with van der Waals surface area (Å²) in [7, 11) is 1.59. The predicted octanol–water partition coefficient (Wildman–Crippen LogP) is 8.09. The summed E-state index contributed by atoms with van der Waals surface area (Å²) in [6.07, 6.45) is 3.48. The van der Waals surface area contributed by atoms with Gasteiger partial charge in [0, 0.05) is 64.8 Å². The average Bonchev–Trinajstić information content (AvgIpc) is 4.02. The van der Waals surface area contributed by atoms with Gasteiger partial charge in [0.15, 0.2) is 11.4 Å². The molecule has 4 saturated heterocycles. The van der Waals surface area contributed by atoms with Gasteiger partial charge in [-0.05, 0) is 65.1 Å². The number of H-pyrrole nitrogens is 1. The highest BCUT2D eigenvalue weighted by Crippen LogP contribution is 2.42. The average molecular weight is 1030 g/mol. The summed E-state index contributed by atoms with van der Waals surface area (Å²) in [5.74, 6) is 2.68. The lowest BCUT2D eigenvalue weighted by Crippen LogP contribution is -2.47. The quantitative estimate of drug-likeness (QED) is 0.100. The van der Waals surface area contributed by atoms with Crippen LogP contribution in [0.25, 0.3) is 51.3 Å². The van der Waals surface area contributed by atoms with Crippen LogP contribution in [0, 0.1) is 24.5 Å². The number of rotatable bonds is 9. The van der Waals surface area contributed by atoms with Crippen LogP contribution in [0.1, 0.15) is 53.4 Å². The van der Waals surface area contributed by atoms with Crippen LogP contribution in [0.5, 0.6) is 5.88 Å². The maximum Gasteiger partial charge on any atom is 0.410 e. The summed E-state index contributed by atoms with van der Waals surface area (Å²) in [4.78, 5) is 65.9. The first kappa shape index (κ1) is 52.1. The van der Waals surface area contributed by atoms with E-state index >= 15 is 0 Å². The molecule has 0 radical (unpaired) electrons. The van der Waals surface area contributed by atoms with Gasteiger partial charge in [0.05, 0.1) is 73.2 Å². The number of fused-ring (bicyclic) bond motifs is 2. The first-order chi connectivity index (χ1) is 35.4. The summed E-state index contributed by atoms with van der Waals surface area (Å²) < 4.78 is 24.3. The molecule has 0 aliphatic carbocycles. The van der Waals surface area contributed by atoms with E-state index in [0.717, 1.165) is 59.2 Å². The van der Waals surface area contributed by atoms with E-state index in [9.17, 15) is 9.59 Å². The minimum absolute atomic E-state index is 0.0507. The number of hydrogen-bond donors (Lipinski definition) is 4. The SMILES string of the molecule is CC#N.[C-]#[N+]c1ccc2sc(-c3c(N[C@@H]4CCCN(C(=O)OC(C)(C)C)C4)nc(N4CCOCC4)nc3OC)nc2c1.[C-]#[N+]c1ccc2sc(-c3c(N[C@@H]4CCCNC4)nc(N4CCOCC4)[nH]c3=O)nc2c1. The van der Waals surface area contributed by atoms with Crippen molar-refractivity contribution in [2.24, 2.45) is 0 Å². The Morgan fingerprint density at radius 1 is 0.822 bits per heavy atom. The predicted molar refractivity (Wildman–Crippen MR) is 285 cm³/mol. The third-order valence-corrected chi connectivity index (χ3v) is 14.2. The lowest BCUT2D eigenvalue weighted by atomic mass is 10.1. The second kappa shape index (κ2) is 24.0. The normalized spacial score (nSPS) is 18.0. The van der Waals surface area contributed by atoms with Crippen molar-refractivity contribution in [1.82, 2.24) is 40.1 Å². The molecule has 8 heterocycles. The van der Waals surface area contributed by atoms with Crippen molar-refractivity contribution in [3.63, 3.8) is 0 Å². The largest absolute Gasteiger partial charge is 0.480 e. The summed E-state index contributed by atoms with van der Waals surface area (Å²) in [5.41, 5.74) is 2.86. The van der Waals surface area contributed by atoms with Crippen molar-refractivity contribution < 1.29 is 23.7 Å². The molecule has 21 nitrogen and oxygen atoms in total. The molecule has 2 aromatic carbocycles. The van der Waals surface area contributed by atoms with Crippen LogP contribution < -0.4 is 36.0 Å². The number of hydrogen-bond acceptors (Lipinski definition) is 19. The number of carbonyl (C=O) groups excluding carboxylic acids is 1. The first-order valence-electron chi connectivity index (χ1n) is 24.2. The number of nitrogens with zero attached hydrogens (tertiary/aromatic N) is 11. The first-order valence-corrected chi connectivity index (χ1v) is 25.8. The number of carbonyl (C=O) groups is 1. The second-order valence-electron chi connectivity index (χ2n) is 18.5. The van der Waals surface area contributed by atoms with Crippen molar-refractivity contribution in [2.75, 3.05) is 106 Å². The van der Waals surface area contributed by atoms with Gasteiger partial charge in [0.2, 0.25) is 17.8 Å². The van der Waals surface area contributed by atoms with Crippen LogP contribution in [-0.2, 0) is 14.2 Å². The molecule has 2 atom stereocenters. The van der Waals surface area contributed by atoms with Crippen LogP contribution in [-0.4, -0.2) is 144 Å². The molecule has 0 unspecified atom stereocenters. The smallest absolute Gasteiger partial charge is 0.410 e. The fraction of sp³-hybridized carbons (Fsp3) is 0.480. The third kappa shape index (κ3) is 13.1. The van der Waals surface area contributed by atoms with Crippen molar-refractivity contribution in [2.45, 2.75) is 71.1 Å². The van der Waals surface area contributed by atoms with E-state index in [1.165, 1.54) is 29.6 Å². The molecule has 0 saturated carbocycles. The van der Waals surface area contributed by atoms with Gasteiger partial charge in [-0.3, -0.25) is 9.78 Å². The lowest BCUT2D eigenvalue weighted by molar-refractivity contribution is 0.0206. The van der Waals surface area contributed by atoms with Gasteiger partial charge in [0.1, 0.15) is 38.4 Å². The molecule has 382 valence electrons. The van der Waals surface area contributed by atoms with Crippen molar-refractivity contribution in [3.8, 4) is 33.1 Å². The highest BCUT2D eigenvalue weighted by Gasteiger charge is 2.31. The van der Waals surface area contributed by atoms with Gasteiger partial charge in [0.25, 0.3) is 5.56 Å². The lowest BCUT2D eigenvalue weighted by Gasteiger charge is -2.35. The van der Waals surface area contributed by atoms with E-state index in [1.54, 1.807) is 42.3 Å². The molecule has 4 fully saturated rings. The van der Waals surface area contributed by atoms with Gasteiger partial charge >= 0.3 is 6.09 Å². The molecule has 6 aromatic rings. The standard InChI is InChI=1S/C27H33N7O4S.C21H23N7O2S.C2H3N/c1-27(2,3)38-26(35)34-10-6-7-18(16-34)29-22-21(24-30-19-15-17(28-4)8-9-20(19)39-24)23(36-5)32-25(31-22)33-11-13-37-14-12-33;1-22-13-4-5-16-15(11-13)25-20(31-16)17-18(24-14-3-2-6-23-12-14)26-21(27-19(17)29)28-7-9-30-10-8-28;1-2-3/h8-9,15,18H,6-7,10-14,16H2,1-3,5H3,(H,29,31,32);4-5,11,14,23H,2-3,6-10,12H2,(H2,24,26,27,29);1H3/t18-;14-;/m11./s1. The number of likely N-dealkylation sites (tertiary alicyclic amines) is 1. The summed E-state index contributed by atoms with van der Waals surface area (Å²) >= 11 is 2.93. The molecule has 0 spiro atoms. The van der Waals surface area contributed by atoms with Crippen LogP contribution in [0.15, 0.2) is 41.2 Å². The zero-order valence-electron chi connectivity index (χ0n) is 41.6. The summed E-state index contributed by atoms with van der Waals surface area (Å²) in [6, 6.07) is 12.8. The zero-order chi connectivity index (χ0) is 51.5. The number of piperidine rings is 2. The number of ether oxygens (including phenoxy) is 4. The minimum Gasteiger partial charge on any atom is -0.480 e. The second-order valence-corrected chi connectivity index (χ2v) is 20.5. The van der Waals surface area contributed by atoms with Crippen molar-refractivity contribution in [1.29, 1.82) is 5.26 Å². The molecular formula is C50H59N15O6S2. The summed E-state index contributed by atoms with van der Waals surface area (Å²) in [6.45, 7) is 29.8. The number of morpholine rings is 2. The number of nitriles is 1. The number of anilines is 4. The molecular weight excluding hydrogens is 971 g/mol. The monoisotopic (exact) mass is 1030 g/mol. The Labute approximate surface area is 431 Å². The molecule has 1 amide bonds. The Hall–Kier alpha value is -7.20. The maximum atomic E-state index is 13.3. The number of thiazole rings is 2. The number of nitrogens with one attached hydrogen (secondary N) is 4. The summed E-state index contributed by atoms with van der Waals surface area (Å²) in [5, 5.41) is 19.1. The van der Waals surface area contributed by atoms with Crippen LogP contribution in [0.4, 0.5) is 39.7 Å². The molecule has 73 heavy (non-hydrogen) atoms. The third-order valence-electron chi connectivity index (χ3n) is 12.0. The minimum atomic E-state index is -0.558. The van der Waals surface area contributed by atoms with E-state index in [2.05, 4.69) is 40.5 Å². The Morgan fingerprint density at radius 3 is 1.97 bits per heavy atom. The number of methoxy groups -OCH3 is 1. The number of amides is 1. The van der Waals surface area contributed by atoms with Gasteiger partial charge in [-0.2, -0.15) is 20.2 Å². The number of aromatic amines is 1. The van der Waals surface area contributed by atoms with Gasteiger partial charge in [-0.15, -0.1) is 22.7 Å². The fourth-order valence-electron chi connectivity index (χ4n) is 8.60. The molecule has 0 bridgehead atoms. The topological polar surface area (TPSA) is 230 Å². The highest BCUT2D eigenvalue weighted by molar-refractivity contribution is 7.22. The van der Waals surface area contributed by atoms with E-state index in [4.69, 9.17) is 57.3 Å². The van der Waals surface area contributed by atoms with Crippen molar-refractivity contribution >= 4 is 84.1 Å². The highest BCUT2D eigenvalue weighted by atomic mass is 32.1. The maximum absolute atomic E-state index is 13.3. The van der Waals surface area contributed by atoms with E-state index < -0.39 is 5.60 Å². The van der Waals surface area contributed by atoms with Gasteiger partial charge in [-0.25, -0.2) is 24.5 Å². The molecule has 10 rings (SSSR count). The molecule has 4 aromatic heterocycles. The zero-order valence-corrected chi connectivity index (χ0v) is 43.3. The fourth-order valence-corrected chi connectivity index (χ4v) is 10.6. The number of aromatic nitrogens is 6. The van der Waals surface area contributed by atoms with Crippen LogP contribution in [0.2, 0.25) is 0 Å². The Kier molecular flexibility index (Phi) is 17.2. The van der Waals surface area contributed by atoms with Crippen LogP contribution >= 0.6 is 22.7 Å². The Bertz CT molecular complexity index is 3080. The molecule has 4 aliphatic rings. The molecule has 23 heteroatoms. The van der Waals surface area contributed by atoms with Gasteiger partial charge < -0.3 is 49.6 Å². The Balaban J connectivity index is 0.000000189. The molecule has 4 N–H and O–H groups in total. The van der Waals surface area contributed by atoms with Gasteiger partial charge in [-0.1, -0.05) is 24.3 Å². The van der Waals surface area contributed by atoms with E-state index in [1.807, 2.05) is 37.8 Å². The van der Waals surface area contributed by atoms with Crippen molar-refractivity contribution in [3.05, 3.63) is 69.6 Å². The van der Waals surface area contributed by atoms with E-state index in [-0.39, 0.29) is 23.7 Å².